The van der Waals surface area contributed by atoms with Gasteiger partial charge in [0.15, 0.2) is 0 Å². The van der Waals surface area contributed by atoms with Crippen LogP contribution in [0.4, 0.5) is 4.39 Å². The van der Waals surface area contributed by atoms with Crippen LogP contribution in [0.2, 0.25) is 0 Å². The highest BCUT2D eigenvalue weighted by Gasteiger charge is 2.28. The Balaban J connectivity index is 2.32. The van der Waals surface area contributed by atoms with Crippen molar-refractivity contribution in [1.29, 1.82) is 0 Å². The summed E-state index contributed by atoms with van der Waals surface area (Å²) in [6, 6.07) is 3.34. The van der Waals surface area contributed by atoms with Crippen LogP contribution in [0.1, 0.15) is 37.0 Å². The molecule has 1 aromatic carbocycles. The summed E-state index contributed by atoms with van der Waals surface area (Å²) in [5, 5.41) is 4.96. The maximum atomic E-state index is 13.5. The molecule has 0 spiro atoms. The monoisotopic (exact) mass is 314 g/mol. The topological polar surface area (TPSA) is 80.5 Å². The van der Waals surface area contributed by atoms with E-state index in [1.54, 1.807) is 4.90 Å². The van der Waals surface area contributed by atoms with Crippen molar-refractivity contribution in [3.63, 3.8) is 0 Å². The number of amides is 1. The van der Waals surface area contributed by atoms with Crippen LogP contribution in [0, 0.1) is 11.7 Å². The Bertz CT molecular complexity index is 660. The second-order valence-corrected chi connectivity index (χ2v) is 7.20. The number of carbonyl (C=O) groups excluding carboxylic acids is 1. The number of likely N-dealkylation sites (tertiary alicyclic amines) is 1. The number of primary sulfonamides is 1. The summed E-state index contributed by atoms with van der Waals surface area (Å²) in [5.74, 6) is -0.689. The van der Waals surface area contributed by atoms with E-state index in [1.807, 2.05) is 6.92 Å². The van der Waals surface area contributed by atoms with E-state index in [0.29, 0.717) is 12.5 Å². The van der Waals surface area contributed by atoms with Crippen molar-refractivity contribution in [2.45, 2.75) is 37.6 Å². The van der Waals surface area contributed by atoms with Crippen LogP contribution < -0.4 is 5.14 Å². The summed E-state index contributed by atoms with van der Waals surface area (Å²) in [7, 11) is -4.19. The van der Waals surface area contributed by atoms with Crippen molar-refractivity contribution in [2.75, 3.05) is 6.54 Å². The second-order valence-electron chi connectivity index (χ2n) is 5.67. The van der Waals surface area contributed by atoms with Gasteiger partial charge in [-0.15, -0.1) is 0 Å². The lowest BCUT2D eigenvalue weighted by Crippen LogP contribution is -2.44. The van der Waals surface area contributed by atoms with E-state index in [9.17, 15) is 17.6 Å². The fourth-order valence-corrected chi connectivity index (χ4v) is 3.36. The lowest BCUT2D eigenvalue weighted by molar-refractivity contribution is 0.0588. The molecule has 1 fully saturated rings. The maximum Gasteiger partial charge on any atom is 0.254 e. The molecule has 0 saturated carbocycles. The van der Waals surface area contributed by atoms with E-state index in [-0.39, 0.29) is 17.5 Å². The molecule has 1 aliphatic rings. The fraction of sp³-hybridized carbons (Fsp3) is 0.500. The number of carbonyl (C=O) groups is 1. The Labute approximate surface area is 124 Å². The molecule has 2 unspecified atom stereocenters. The first-order valence-corrected chi connectivity index (χ1v) is 8.38. The minimum atomic E-state index is -4.19. The molecule has 5 nitrogen and oxygen atoms in total. The summed E-state index contributed by atoms with van der Waals surface area (Å²) in [6.07, 6.45) is 1.80. The van der Waals surface area contributed by atoms with Crippen molar-refractivity contribution in [1.82, 2.24) is 4.90 Å². The van der Waals surface area contributed by atoms with Crippen molar-refractivity contribution in [2.24, 2.45) is 11.1 Å². The van der Waals surface area contributed by atoms with E-state index in [2.05, 4.69) is 6.92 Å². The highest BCUT2D eigenvalue weighted by atomic mass is 32.2. The van der Waals surface area contributed by atoms with Crippen molar-refractivity contribution >= 4 is 15.9 Å². The molecule has 0 radical (unpaired) electrons. The van der Waals surface area contributed by atoms with E-state index in [4.69, 9.17) is 5.14 Å². The van der Waals surface area contributed by atoms with Crippen molar-refractivity contribution in [3.05, 3.63) is 29.6 Å². The van der Waals surface area contributed by atoms with Crippen LogP contribution in [0.25, 0.3) is 0 Å². The zero-order valence-corrected chi connectivity index (χ0v) is 12.9. The molecule has 116 valence electrons. The van der Waals surface area contributed by atoms with Gasteiger partial charge in [-0.2, -0.15) is 0 Å². The summed E-state index contributed by atoms with van der Waals surface area (Å²) < 4.78 is 36.2. The molecule has 7 heteroatoms. The van der Waals surface area contributed by atoms with Gasteiger partial charge in [0, 0.05) is 18.2 Å². The number of hydrogen-bond donors (Lipinski definition) is 1. The molecular weight excluding hydrogens is 295 g/mol. The Kier molecular flexibility index (Phi) is 4.34. The zero-order chi connectivity index (χ0) is 15.8. The number of halogens is 1. The summed E-state index contributed by atoms with van der Waals surface area (Å²) >= 11 is 0. The standard InChI is InChI=1S/C14H19FN2O3S/c1-9-5-6-17(10(2)7-9)14(18)11-3-4-12(15)13(8-11)21(16,19)20/h3-4,8-10H,5-7H2,1-2H3,(H2,16,19,20). The van der Waals surface area contributed by atoms with Gasteiger partial charge in [0.2, 0.25) is 10.0 Å². The van der Waals surface area contributed by atoms with Crippen molar-refractivity contribution in [3.8, 4) is 0 Å². The van der Waals surface area contributed by atoms with Gasteiger partial charge >= 0.3 is 0 Å². The lowest BCUT2D eigenvalue weighted by Gasteiger charge is -2.36. The maximum absolute atomic E-state index is 13.5. The number of nitrogens with two attached hydrogens (primary N) is 1. The van der Waals surface area contributed by atoms with Crippen LogP contribution in [0.5, 0.6) is 0 Å². The number of benzene rings is 1. The second kappa shape index (κ2) is 5.73. The van der Waals surface area contributed by atoms with Crippen molar-refractivity contribution < 1.29 is 17.6 Å². The molecule has 2 rings (SSSR count). The van der Waals surface area contributed by atoms with E-state index in [0.717, 1.165) is 25.0 Å². The Morgan fingerprint density at radius 1 is 1.38 bits per heavy atom. The first-order valence-electron chi connectivity index (χ1n) is 6.83. The summed E-state index contributed by atoms with van der Waals surface area (Å²) in [5.41, 5.74) is 0.141. The normalized spacial score (nSPS) is 23.1. The van der Waals surface area contributed by atoms with Crippen LogP contribution >= 0.6 is 0 Å². The highest BCUT2D eigenvalue weighted by Crippen LogP contribution is 2.24. The predicted molar refractivity (Wildman–Crippen MR) is 76.7 cm³/mol. The molecule has 0 aromatic heterocycles. The predicted octanol–water partition coefficient (Wildman–Crippen LogP) is 1.73. The van der Waals surface area contributed by atoms with Gasteiger partial charge in [-0.3, -0.25) is 4.79 Å². The quantitative estimate of drug-likeness (QED) is 0.902. The summed E-state index contributed by atoms with van der Waals surface area (Å²) in [6.45, 7) is 4.70. The molecule has 1 aromatic rings. The first-order chi connectivity index (χ1) is 9.70. The van der Waals surface area contributed by atoms with Gasteiger partial charge in [0.25, 0.3) is 5.91 Å². The Hall–Kier alpha value is -1.47. The largest absolute Gasteiger partial charge is 0.336 e. The number of sulfonamides is 1. The fourth-order valence-electron chi connectivity index (χ4n) is 2.73. The number of hydrogen-bond acceptors (Lipinski definition) is 3. The van der Waals surface area contributed by atoms with Crippen LogP contribution in [0.3, 0.4) is 0 Å². The van der Waals surface area contributed by atoms with Crippen LogP contribution in [-0.2, 0) is 10.0 Å². The molecule has 2 N–H and O–H groups in total. The number of piperidine rings is 1. The molecule has 1 heterocycles. The molecule has 1 aliphatic heterocycles. The van der Waals surface area contributed by atoms with Crippen LogP contribution in [-0.4, -0.2) is 31.8 Å². The van der Waals surface area contributed by atoms with Crippen LogP contribution in [0.15, 0.2) is 23.1 Å². The molecule has 0 bridgehead atoms. The number of rotatable bonds is 2. The highest BCUT2D eigenvalue weighted by molar-refractivity contribution is 7.89. The van der Waals surface area contributed by atoms with Gasteiger partial charge in [-0.05, 0) is 43.9 Å². The zero-order valence-electron chi connectivity index (χ0n) is 12.0. The third-order valence-electron chi connectivity index (χ3n) is 3.88. The Morgan fingerprint density at radius 3 is 2.62 bits per heavy atom. The smallest absolute Gasteiger partial charge is 0.254 e. The first kappa shape index (κ1) is 15.9. The third kappa shape index (κ3) is 3.41. The molecule has 1 amide bonds. The van der Waals surface area contributed by atoms with Gasteiger partial charge < -0.3 is 4.90 Å². The minimum absolute atomic E-state index is 0.0734. The van der Waals surface area contributed by atoms with E-state index in [1.165, 1.54) is 6.07 Å². The molecule has 21 heavy (non-hydrogen) atoms. The molecule has 1 saturated heterocycles. The minimum Gasteiger partial charge on any atom is -0.336 e. The van der Waals surface area contributed by atoms with Gasteiger partial charge in [0.05, 0.1) is 0 Å². The SMILES string of the molecule is CC1CCN(C(=O)c2ccc(F)c(S(N)(=O)=O)c2)C(C)C1. The molecular formula is C14H19FN2O3S. The Morgan fingerprint density at radius 2 is 2.05 bits per heavy atom. The van der Waals surface area contributed by atoms with E-state index < -0.39 is 20.7 Å². The van der Waals surface area contributed by atoms with Gasteiger partial charge in [0.1, 0.15) is 10.7 Å². The molecule has 2 atom stereocenters. The molecule has 0 aliphatic carbocycles. The van der Waals surface area contributed by atoms with E-state index >= 15 is 0 Å². The van der Waals surface area contributed by atoms with Gasteiger partial charge in [-0.1, -0.05) is 6.92 Å². The average Bonchev–Trinajstić information content (AvgIpc) is 2.37. The van der Waals surface area contributed by atoms with Gasteiger partial charge in [-0.25, -0.2) is 17.9 Å². The average molecular weight is 314 g/mol. The number of nitrogens with zero attached hydrogens (tertiary/aromatic N) is 1. The lowest BCUT2D eigenvalue weighted by atomic mass is 9.93. The summed E-state index contributed by atoms with van der Waals surface area (Å²) in [4.78, 5) is 13.5. The third-order valence-corrected chi connectivity index (χ3v) is 4.81.